The molecule has 0 radical (unpaired) electrons. The van der Waals surface area contributed by atoms with Gasteiger partial charge >= 0.3 is 6.09 Å². The van der Waals surface area contributed by atoms with Crippen LogP contribution in [0.5, 0.6) is 5.88 Å². The first-order valence-electron chi connectivity index (χ1n) is 10.1. The minimum absolute atomic E-state index is 0.0318. The number of rotatable bonds is 4. The molecule has 4 rings (SSSR count). The van der Waals surface area contributed by atoms with Crippen LogP contribution in [0.25, 0.3) is 10.9 Å². The summed E-state index contributed by atoms with van der Waals surface area (Å²) in [6.07, 6.45) is 0.938. The van der Waals surface area contributed by atoms with Gasteiger partial charge in [-0.25, -0.2) is 4.79 Å². The van der Waals surface area contributed by atoms with E-state index in [9.17, 15) is 20.0 Å². The first-order chi connectivity index (χ1) is 14.5. The molecule has 1 aromatic heterocycles. The molecule has 2 aromatic rings. The van der Waals surface area contributed by atoms with Crippen molar-refractivity contribution in [3.63, 3.8) is 0 Å². The lowest BCUT2D eigenvalue weighted by Crippen LogP contribution is -2.39. The molecule has 3 heterocycles. The van der Waals surface area contributed by atoms with E-state index in [1.165, 1.54) is 12.1 Å². The van der Waals surface area contributed by atoms with Crippen LogP contribution in [0.15, 0.2) is 23.2 Å². The average molecular weight is 416 g/mol. The predicted octanol–water partition coefficient (Wildman–Crippen LogP) is 2.87. The third kappa shape index (κ3) is 3.58. The molecule has 160 valence electrons. The molecule has 0 atom stereocenters. The van der Waals surface area contributed by atoms with Crippen molar-refractivity contribution in [2.45, 2.75) is 25.8 Å². The predicted molar refractivity (Wildman–Crippen MR) is 109 cm³/mol. The van der Waals surface area contributed by atoms with Crippen molar-refractivity contribution >= 4 is 28.4 Å². The minimum atomic E-state index is -0.450. The number of hydrogen-bond donors (Lipinski definition) is 1. The van der Waals surface area contributed by atoms with E-state index < -0.39 is 4.92 Å². The third-order valence-electron chi connectivity index (χ3n) is 5.59. The van der Waals surface area contributed by atoms with Crippen LogP contribution < -0.4 is 0 Å². The largest absolute Gasteiger partial charge is 0.494 e. The zero-order valence-corrected chi connectivity index (χ0v) is 16.7. The van der Waals surface area contributed by atoms with E-state index in [2.05, 4.69) is 4.99 Å². The lowest BCUT2D eigenvalue weighted by molar-refractivity contribution is -0.384. The summed E-state index contributed by atoms with van der Waals surface area (Å²) in [5, 5.41) is 23.1. The molecule has 10 nitrogen and oxygen atoms in total. The molecule has 2 aliphatic heterocycles. The number of benzene rings is 1. The Balaban J connectivity index is 1.73. The summed E-state index contributed by atoms with van der Waals surface area (Å²) >= 11 is 0. The van der Waals surface area contributed by atoms with Gasteiger partial charge in [0.05, 0.1) is 48.1 Å². The molecule has 0 saturated carbocycles. The van der Waals surface area contributed by atoms with Crippen LogP contribution in [0.1, 0.15) is 31.4 Å². The Morgan fingerprint density at radius 1 is 1.40 bits per heavy atom. The number of fused-ring (bicyclic) bond motifs is 1. The van der Waals surface area contributed by atoms with E-state index in [1.54, 1.807) is 17.9 Å². The molecular weight excluding hydrogens is 392 g/mol. The topological polar surface area (TPSA) is 119 Å². The molecule has 2 aliphatic rings. The highest BCUT2D eigenvalue weighted by atomic mass is 16.6. The molecule has 1 saturated heterocycles. The van der Waals surface area contributed by atoms with Gasteiger partial charge in [-0.3, -0.25) is 15.1 Å². The van der Waals surface area contributed by atoms with Crippen LogP contribution in [0.3, 0.4) is 0 Å². The molecule has 0 unspecified atom stereocenters. The van der Waals surface area contributed by atoms with E-state index in [0.29, 0.717) is 67.9 Å². The Labute approximate surface area is 172 Å². The summed E-state index contributed by atoms with van der Waals surface area (Å²) in [5.41, 5.74) is 1.74. The number of likely N-dealkylation sites (tertiary alicyclic amines) is 1. The summed E-state index contributed by atoms with van der Waals surface area (Å²) in [7, 11) is 0. The first-order valence-corrected chi connectivity index (χ1v) is 10.1. The number of hydrogen-bond acceptors (Lipinski definition) is 7. The lowest BCUT2D eigenvalue weighted by atomic mass is 10.0. The van der Waals surface area contributed by atoms with E-state index in [4.69, 9.17) is 9.47 Å². The summed E-state index contributed by atoms with van der Waals surface area (Å²) in [6, 6.07) is 4.53. The molecule has 1 fully saturated rings. The Morgan fingerprint density at radius 3 is 2.80 bits per heavy atom. The number of nitro groups is 1. The number of nitro benzene ring substituents is 1. The highest BCUT2D eigenvalue weighted by Gasteiger charge is 2.31. The number of aliphatic imine (C=N–C) groups is 1. The minimum Gasteiger partial charge on any atom is -0.494 e. The van der Waals surface area contributed by atoms with E-state index >= 15 is 0 Å². The number of nitrogens with zero attached hydrogens (tertiary/aromatic N) is 4. The Hall–Kier alpha value is -3.14. The van der Waals surface area contributed by atoms with Crippen molar-refractivity contribution < 1.29 is 24.3 Å². The highest BCUT2D eigenvalue weighted by molar-refractivity contribution is 6.14. The number of amides is 1. The number of ether oxygens (including phenoxy) is 2. The van der Waals surface area contributed by atoms with Gasteiger partial charge in [-0.15, -0.1) is 0 Å². The van der Waals surface area contributed by atoms with Crippen molar-refractivity contribution in [3.8, 4) is 5.88 Å². The van der Waals surface area contributed by atoms with Gasteiger partial charge in [0.15, 0.2) is 0 Å². The van der Waals surface area contributed by atoms with E-state index in [1.807, 2.05) is 4.57 Å². The van der Waals surface area contributed by atoms with E-state index in [-0.39, 0.29) is 30.3 Å². The number of piperidine rings is 1. The zero-order valence-electron chi connectivity index (χ0n) is 16.7. The standard InChI is InChI=1S/C20H24N4O6/c1-2-30-20(26)22-8-5-13(6-9-22)23-17-4-3-14(24(27)28)11-15(17)18(19(23)25)16-12-29-10-7-21-16/h3-4,11,13,25H,2,5-10,12H2,1H3. The quantitative estimate of drug-likeness (QED) is 0.605. The Kier molecular flexibility index (Phi) is 5.58. The second-order valence-corrected chi connectivity index (χ2v) is 7.33. The molecule has 10 heteroatoms. The summed E-state index contributed by atoms with van der Waals surface area (Å²) in [4.78, 5) is 29.0. The SMILES string of the molecule is CCOC(=O)N1CCC(n2c(O)c(C3=NCCOC3)c3cc([N+](=O)[O-])ccc32)CC1. The zero-order chi connectivity index (χ0) is 21.3. The number of carbonyl (C=O) groups excluding carboxylic acids is 1. The van der Waals surface area contributed by atoms with Crippen molar-refractivity contribution in [1.82, 2.24) is 9.47 Å². The second kappa shape index (κ2) is 8.31. The highest BCUT2D eigenvalue weighted by Crippen LogP contribution is 2.39. The van der Waals surface area contributed by atoms with Gasteiger partial charge in [-0.2, -0.15) is 0 Å². The van der Waals surface area contributed by atoms with Gasteiger partial charge in [-0.1, -0.05) is 0 Å². The fourth-order valence-electron chi connectivity index (χ4n) is 4.19. The second-order valence-electron chi connectivity index (χ2n) is 7.33. The molecule has 0 aliphatic carbocycles. The molecule has 30 heavy (non-hydrogen) atoms. The van der Waals surface area contributed by atoms with Gasteiger partial charge in [-0.05, 0) is 25.8 Å². The smallest absolute Gasteiger partial charge is 0.409 e. The molecule has 1 amide bonds. The van der Waals surface area contributed by atoms with Crippen molar-refractivity contribution in [3.05, 3.63) is 33.9 Å². The van der Waals surface area contributed by atoms with Gasteiger partial charge in [0, 0.05) is 36.7 Å². The molecule has 1 aromatic carbocycles. The van der Waals surface area contributed by atoms with Crippen LogP contribution in [-0.4, -0.2) is 70.8 Å². The maximum atomic E-state index is 12.0. The Bertz CT molecular complexity index is 1010. The van der Waals surface area contributed by atoms with Crippen LogP contribution in [0.2, 0.25) is 0 Å². The van der Waals surface area contributed by atoms with Crippen molar-refractivity contribution in [2.75, 3.05) is 39.5 Å². The lowest BCUT2D eigenvalue weighted by Gasteiger charge is -2.32. The van der Waals surface area contributed by atoms with Gasteiger partial charge in [0.25, 0.3) is 5.69 Å². The average Bonchev–Trinajstić information content (AvgIpc) is 3.05. The Morgan fingerprint density at radius 2 is 2.17 bits per heavy atom. The van der Waals surface area contributed by atoms with Gasteiger partial charge < -0.3 is 24.0 Å². The first kappa shape index (κ1) is 20.1. The molecule has 0 bridgehead atoms. The van der Waals surface area contributed by atoms with E-state index in [0.717, 1.165) is 0 Å². The monoisotopic (exact) mass is 416 g/mol. The van der Waals surface area contributed by atoms with Crippen LogP contribution in [0, 0.1) is 10.1 Å². The van der Waals surface area contributed by atoms with Crippen LogP contribution >= 0.6 is 0 Å². The fourth-order valence-corrected chi connectivity index (χ4v) is 4.19. The van der Waals surface area contributed by atoms with Gasteiger partial charge in [0.2, 0.25) is 5.88 Å². The maximum Gasteiger partial charge on any atom is 0.409 e. The number of non-ortho nitro benzene ring substituents is 1. The summed E-state index contributed by atoms with van der Waals surface area (Å²) in [6.45, 7) is 4.35. The number of carbonyl (C=O) groups is 1. The number of aromatic nitrogens is 1. The van der Waals surface area contributed by atoms with Crippen LogP contribution in [0.4, 0.5) is 10.5 Å². The van der Waals surface area contributed by atoms with Crippen molar-refractivity contribution in [1.29, 1.82) is 0 Å². The van der Waals surface area contributed by atoms with Crippen LogP contribution in [-0.2, 0) is 9.47 Å². The summed E-state index contributed by atoms with van der Waals surface area (Å²) in [5.74, 6) is 0.0318. The fraction of sp³-hybridized carbons (Fsp3) is 0.500. The third-order valence-corrected chi connectivity index (χ3v) is 5.59. The molecular formula is C20H24N4O6. The van der Waals surface area contributed by atoms with Gasteiger partial charge in [0.1, 0.15) is 0 Å². The summed E-state index contributed by atoms with van der Waals surface area (Å²) < 4.78 is 12.4. The van der Waals surface area contributed by atoms with Crippen molar-refractivity contribution in [2.24, 2.45) is 4.99 Å². The molecule has 0 spiro atoms. The normalized spacial score (nSPS) is 17.8. The number of aromatic hydroxyl groups is 1. The molecule has 1 N–H and O–H groups in total. The maximum absolute atomic E-state index is 12.0.